The van der Waals surface area contributed by atoms with Gasteiger partial charge in [0.05, 0.1) is 56.4 Å². The molecule has 5 N–H and O–H groups in total. The van der Waals surface area contributed by atoms with Crippen LogP contribution in [0.2, 0.25) is 0 Å². The Morgan fingerprint density at radius 3 is 2.11 bits per heavy atom. The number of methoxy groups -OCH3 is 1. The molecule has 0 saturated carbocycles. The van der Waals surface area contributed by atoms with Crippen LogP contribution in [0.15, 0.2) is 24.3 Å². The second-order valence-corrected chi connectivity index (χ2v) is 9.49. The van der Waals surface area contributed by atoms with Crippen molar-refractivity contribution in [3.05, 3.63) is 35.4 Å². The second-order valence-electron chi connectivity index (χ2n) is 9.49. The van der Waals surface area contributed by atoms with Crippen LogP contribution in [-0.2, 0) is 25.4 Å². The molecule has 2 aliphatic heterocycles. The van der Waals surface area contributed by atoms with Gasteiger partial charge in [0.2, 0.25) is 0 Å². The van der Waals surface area contributed by atoms with Gasteiger partial charge in [-0.1, -0.05) is 26.0 Å². The van der Waals surface area contributed by atoms with Crippen molar-refractivity contribution in [1.29, 1.82) is 0 Å². The largest absolute Gasteiger partial charge is 0.465 e. The van der Waals surface area contributed by atoms with Gasteiger partial charge in [0.1, 0.15) is 12.2 Å². The molecule has 2 fully saturated rings. The van der Waals surface area contributed by atoms with E-state index in [1.54, 1.807) is 26.0 Å². The molecule has 0 aromatic heterocycles. The van der Waals surface area contributed by atoms with Gasteiger partial charge in [-0.2, -0.15) is 0 Å². The first-order valence-corrected chi connectivity index (χ1v) is 12.1. The normalized spacial score (nSPS) is 37.7. The molecular formula is C25H38O10. The standard InChI is InChI=1S/C25H38O10/c1-13-18(11-26)34-25(22(30)20(13)28)35-23-14(2)19(12-27)33-17(21(23)29)6-4-5-15-7-9-16(10-8-15)24(31)32-3/h7-10,13-14,17-23,25-30H,4-6,11-12H2,1-3H3. The smallest absolute Gasteiger partial charge is 0.337 e. The summed E-state index contributed by atoms with van der Waals surface area (Å²) in [5.74, 6) is -1.31. The molecule has 0 amide bonds. The van der Waals surface area contributed by atoms with Crippen molar-refractivity contribution in [2.75, 3.05) is 20.3 Å². The zero-order valence-corrected chi connectivity index (χ0v) is 20.4. The number of carbonyl (C=O) groups is 1. The van der Waals surface area contributed by atoms with Gasteiger partial charge in [0.25, 0.3) is 0 Å². The van der Waals surface area contributed by atoms with Crippen molar-refractivity contribution in [3.8, 4) is 0 Å². The summed E-state index contributed by atoms with van der Waals surface area (Å²) in [5, 5.41) is 51.3. The highest BCUT2D eigenvalue weighted by Gasteiger charge is 2.48. The Bertz CT molecular complexity index is 800. The van der Waals surface area contributed by atoms with E-state index in [9.17, 15) is 30.3 Å². The summed E-state index contributed by atoms with van der Waals surface area (Å²) in [4.78, 5) is 11.6. The first kappa shape index (κ1) is 27.9. The Kier molecular flexibility index (Phi) is 10.0. The molecule has 2 heterocycles. The average molecular weight is 499 g/mol. The molecular weight excluding hydrogens is 460 g/mol. The van der Waals surface area contributed by atoms with Crippen LogP contribution in [0, 0.1) is 11.8 Å². The Labute approximate surface area is 205 Å². The minimum Gasteiger partial charge on any atom is -0.465 e. The number of hydrogen-bond acceptors (Lipinski definition) is 10. The molecule has 35 heavy (non-hydrogen) atoms. The van der Waals surface area contributed by atoms with E-state index in [4.69, 9.17) is 18.9 Å². The lowest BCUT2D eigenvalue weighted by Crippen LogP contribution is -2.61. The van der Waals surface area contributed by atoms with Gasteiger partial charge in [-0.3, -0.25) is 0 Å². The quantitative estimate of drug-likeness (QED) is 0.294. The topological polar surface area (TPSA) is 155 Å². The van der Waals surface area contributed by atoms with Crippen molar-refractivity contribution < 1.29 is 49.3 Å². The van der Waals surface area contributed by atoms with Gasteiger partial charge in [0.15, 0.2) is 6.29 Å². The number of esters is 1. The van der Waals surface area contributed by atoms with Crippen LogP contribution < -0.4 is 0 Å². The highest BCUT2D eigenvalue weighted by Crippen LogP contribution is 2.34. The maximum Gasteiger partial charge on any atom is 0.337 e. The number of carbonyl (C=O) groups excluding carboxylic acids is 1. The molecule has 198 valence electrons. The monoisotopic (exact) mass is 498 g/mol. The molecule has 10 unspecified atom stereocenters. The fraction of sp³-hybridized carbons (Fsp3) is 0.720. The van der Waals surface area contributed by atoms with E-state index < -0.39 is 66.8 Å². The van der Waals surface area contributed by atoms with Crippen molar-refractivity contribution in [1.82, 2.24) is 0 Å². The van der Waals surface area contributed by atoms with Crippen molar-refractivity contribution >= 4 is 5.97 Å². The van der Waals surface area contributed by atoms with Crippen molar-refractivity contribution in [3.63, 3.8) is 0 Å². The van der Waals surface area contributed by atoms with Gasteiger partial charge in [-0.25, -0.2) is 4.79 Å². The summed E-state index contributed by atoms with van der Waals surface area (Å²) in [7, 11) is 1.33. The minimum absolute atomic E-state index is 0.272. The molecule has 10 nitrogen and oxygen atoms in total. The van der Waals surface area contributed by atoms with E-state index in [1.165, 1.54) is 7.11 Å². The lowest BCUT2D eigenvalue weighted by molar-refractivity contribution is -0.328. The number of hydrogen-bond donors (Lipinski definition) is 5. The first-order valence-electron chi connectivity index (χ1n) is 12.1. The van der Waals surface area contributed by atoms with Crippen LogP contribution >= 0.6 is 0 Å². The fourth-order valence-corrected chi connectivity index (χ4v) is 4.79. The SMILES string of the molecule is COC(=O)c1ccc(CCCC2OC(CO)C(C)C(OC3OC(CO)C(C)C(O)C3O)C2O)cc1. The summed E-state index contributed by atoms with van der Waals surface area (Å²) in [5.41, 5.74) is 1.48. The molecule has 10 atom stereocenters. The Hall–Kier alpha value is -1.63. The Morgan fingerprint density at radius 2 is 1.51 bits per heavy atom. The van der Waals surface area contributed by atoms with Gasteiger partial charge in [-0.05, 0) is 37.0 Å². The molecule has 10 heteroatoms. The number of ether oxygens (including phenoxy) is 4. The van der Waals surface area contributed by atoms with E-state index in [2.05, 4.69) is 0 Å². The van der Waals surface area contributed by atoms with Gasteiger partial charge >= 0.3 is 5.97 Å². The highest BCUT2D eigenvalue weighted by molar-refractivity contribution is 5.89. The molecule has 0 aliphatic carbocycles. The summed E-state index contributed by atoms with van der Waals surface area (Å²) in [6, 6.07) is 7.09. The third-order valence-electron chi connectivity index (χ3n) is 7.21. The van der Waals surface area contributed by atoms with Crippen LogP contribution in [-0.4, -0.2) is 101 Å². The molecule has 2 aliphatic rings. The Morgan fingerprint density at radius 1 is 0.886 bits per heavy atom. The average Bonchev–Trinajstić information content (AvgIpc) is 2.87. The molecule has 0 spiro atoms. The van der Waals surface area contributed by atoms with Crippen molar-refractivity contribution in [2.24, 2.45) is 11.8 Å². The van der Waals surface area contributed by atoms with Crippen molar-refractivity contribution in [2.45, 2.75) is 82.1 Å². The predicted molar refractivity (Wildman–Crippen MR) is 123 cm³/mol. The minimum atomic E-state index is -1.35. The maximum atomic E-state index is 11.6. The summed E-state index contributed by atoms with van der Waals surface area (Å²) in [6.45, 7) is 2.81. The molecule has 0 bridgehead atoms. The third-order valence-corrected chi connectivity index (χ3v) is 7.21. The second kappa shape index (κ2) is 12.6. The third kappa shape index (κ3) is 6.39. The zero-order valence-electron chi connectivity index (χ0n) is 20.4. The van der Waals surface area contributed by atoms with Crippen LogP contribution in [0.4, 0.5) is 0 Å². The van der Waals surface area contributed by atoms with E-state index >= 15 is 0 Å². The van der Waals surface area contributed by atoms with E-state index in [0.29, 0.717) is 24.8 Å². The van der Waals surface area contributed by atoms with Crippen LogP contribution in [0.5, 0.6) is 0 Å². The Balaban J connectivity index is 1.63. The molecule has 1 aromatic rings. The first-order chi connectivity index (χ1) is 16.7. The van der Waals surface area contributed by atoms with E-state index in [0.717, 1.165) is 5.56 Å². The summed E-state index contributed by atoms with van der Waals surface area (Å²) >= 11 is 0. The van der Waals surface area contributed by atoms with Gasteiger partial charge < -0.3 is 44.5 Å². The lowest BCUT2D eigenvalue weighted by atomic mass is 9.85. The van der Waals surface area contributed by atoms with E-state index in [-0.39, 0.29) is 13.2 Å². The lowest BCUT2D eigenvalue weighted by Gasteiger charge is -2.47. The fourth-order valence-electron chi connectivity index (χ4n) is 4.79. The zero-order chi connectivity index (χ0) is 25.7. The van der Waals surface area contributed by atoms with E-state index in [1.807, 2.05) is 12.1 Å². The van der Waals surface area contributed by atoms with Crippen LogP contribution in [0.3, 0.4) is 0 Å². The molecule has 3 rings (SSSR count). The number of aliphatic hydroxyl groups is 5. The van der Waals surface area contributed by atoms with Crippen LogP contribution in [0.1, 0.15) is 42.6 Å². The van der Waals surface area contributed by atoms with Gasteiger partial charge in [0, 0.05) is 11.8 Å². The number of aryl methyl sites for hydroxylation is 1. The van der Waals surface area contributed by atoms with Crippen LogP contribution in [0.25, 0.3) is 0 Å². The highest BCUT2D eigenvalue weighted by atomic mass is 16.7. The molecule has 2 saturated heterocycles. The summed E-state index contributed by atoms with van der Waals surface area (Å²) < 4.78 is 22.3. The number of aliphatic hydroxyl groups excluding tert-OH is 5. The van der Waals surface area contributed by atoms with Gasteiger partial charge in [-0.15, -0.1) is 0 Å². The summed E-state index contributed by atoms with van der Waals surface area (Å²) in [6.07, 6.45) is -5.74. The number of benzene rings is 1. The predicted octanol–water partition coefficient (Wildman–Crippen LogP) is 0.0129. The number of rotatable bonds is 9. The maximum absolute atomic E-state index is 11.6. The molecule has 1 aromatic carbocycles. The molecule has 0 radical (unpaired) electrons.